The number of ether oxygens (including phenoxy) is 3. The highest BCUT2D eigenvalue weighted by molar-refractivity contribution is 9.10. The van der Waals surface area contributed by atoms with E-state index in [0.29, 0.717) is 26.1 Å². The quantitative estimate of drug-likeness (QED) is 0.205. The molecule has 6 heteroatoms. The minimum Gasteiger partial charge on any atom is -0.490 e. The molecule has 2 aliphatic rings. The van der Waals surface area contributed by atoms with E-state index in [4.69, 9.17) is 14.2 Å². The van der Waals surface area contributed by atoms with Gasteiger partial charge >= 0.3 is 0 Å². The summed E-state index contributed by atoms with van der Waals surface area (Å²) in [5, 5.41) is 11.9. The van der Waals surface area contributed by atoms with Crippen LogP contribution in [0.25, 0.3) is 0 Å². The van der Waals surface area contributed by atoms with Gasteiger partial charge in [0.2, 0.25) is 0 Å². The van der Waals surface area contributed by atoms with E-state index in [1.165, 1.54) is 11.1 Å². The molecular weight excluding hydrogens is 590 g/mol. The van der Waals surface area contributed by atoms with Gasteiger partial charge in [0.15, 0.2) is 5.79 Å². The molecule has 6 rings (SSSR count). The molecule has 0 aliphatic carbocycles. The van der Waals surface area contributed by atoms with Crippen LogP contribution in [0.2, 0.25) is 0 Å². The molecule has 1 N–H and O–H groups in total. The van der Waals surface area contributed by atoms with E-state index in [-0.39, 0.29) is 12.2 Å². The average Bonchev–Trinajstić information content (AvgIpc) is 3.02. The second-order valence-corrected chi connectivity index (χ2v) is 12.2. The van der Waals surface area contributed by atoms with Gasteiger partial charge in [0.25, 0.3) is 0 Å². The van der Waals surface area contributed by atoms with E-state index in [9.17, 15) is 5.11 Å². The summed E-state index contributed by atoms with van der Waals surface area (Å²) in [6, 6.07) is 33.3. The Labute approximate surface area is 257 Å². The van der Waals surface area contributed by atoms with Crippen LogP contribution in [0.1, 0.15) is 54.0 Å². The fourth-order valence-corrected chi connectivity index (χ4v) is 6.36. The Balaban J connectivity index is 1.21. The first-order valence-corrected chi connectivity index (χ1v) is 15.7. The Bertz CT molecular complexity index is 1480. The minimum atomic E-state index is -1.41. The molecule has 4 aromatic rings. The van der Waals surface area contributed by atoms with Crippen molar-refractivity contribution in [2.45, 2.75) is 63.8 Å². The summed E-state index contributed by atoms with van der Waals surface area (Å²) in [6.45, 7) is 4.99. The van der Waals surface area contributed by atoms with Crippen molar-refractivity contribution in [3.8, 4) is 5.75 Å². The standard InChI is InChI=1S/C36H38BrNO4/c1-2-31-22-32(41-25-27-11-7-4-8-12-27)23-36(39,42-31)30-14-15-33(37)29(21-30)19-28-13-16-35-34(20-28)38(17-18-40-35)24-26-9-5-3-6-10-26/h3-16,20-21,31-32,39H,2,17-19,22-25H2,1H3/t31-,32?,36?/m1/s1. The highest BCUT2D eigenvalue weighted by atomic mass is 79.9. The summed E-state index contributed by atoms with van der Waals surface area (Å²) in [7, 11) is 0. The van der Waals surface area contributed by atoms with Crippen molar-refractivity contribution < 1.29 is 19.3 Å². The van der Waals surface area contributed by atoms with E-state index in [2.05, 4.69) is 94.5 Å². The third kappa shape index (κ3) is 6.73. The Morgan fingerprint density at radius 1 is 0.929 bits per heavy atom. The molecule has 42 heavy (non-hydrogen) atoms. The first kappa shape index (κ1) is 28.9. The van der Waals surface area contributed by atoms with Gasteiger partial charge in [-0.3, -0.25) is 0 Å². The molecule has 218 valence electrons. The number of hydrogen-bond donors (Lipinski definition) is 1. The molecule has 4 aromatic carbocycles. The molecule has 3 atom stereocenters. The summed E-state index contributed by atoms with van der Waals surface area (Å²) in [6.07, 6.45) is 2.51. The van der Waals surface area contributed by atoms with Crippen LogP contribution in [0, 0.1) is 0 Å². The number of halogens is 1. The maximum Gasteiger partial charge on any atom is 0.195 e. The lowest BCUT2D eigenvalue weighted by atomic mass is 9.90. The summed E-state index contributed by atoms with van der Waals surface area (Å²) < 4.78 is 19.6. The van der Waals surface area contributed by atoms with Crippen LogP contribution in [0.3, 0.4) is 0 Å². The van der Waals surface area contributed by atoms with Crippen LogP contribution in [-0.4, -0.2) is 30.5 Å². The van der Waals surface area contributed by atoms with Crippen LogP contribution in [0.5, 0.6) is 5.75 Å². The van der Waals surface area contributed by atoms with Crippen molar-refractivity contribution in [2.24, 2.45) is 0 Å². The van der Waals surface area contributed by atoms with Crippen LogP contribution < -0.4 is 9.64 Å². The molecule has 0 radical (unpaired) electrons. The molecule has 5 nitrogen and oxygen atoms in total. The molecule has 1 saturated heterocycles. The van der Waals surface area contributed by atoms with Gasteiger partial charge in [0, 0.05) is 29.4 Å². The minimum absolute atomic E-state index is 0.0761. The molecule has 0 spiro atoms. The number of aliphatic hydroxyl groups is 1. The highest BCUT2D eigenvalue weighted by Gasteiger charge is 2.42. The normalized spacial score (nSPS) is 21.9. The second kappa shape index (κ2) is 13.0. The molecule has 2 unspecified atom stereocenters. The molecule has 0 saturated carbocycles. The molecule has 1 fully saturated rings. The first-order chi connectivity index (χ1) is 20.5. The van der Waals surface area contributed by atoms with Crippen molar-refractivity contribution >= 4 is 21.6 Å². The SMILES string of the molecule is CC[C@@H]1CC(OCc2ccccc2)CC(O)(c2ccc(Br)c(Cc3ccc4c(c3)N(Cc3ccccc3)CCO4)c2)O1. The molecule has 0 amide bonds. The molecular formula is C36H38BrNO4. The Kier molecular flexibility index (Phi) is 8.96. The fraction of sp³-hybridized carbons (Fsp3) is 0.333. The Morgan fingerprint density at radius 2 is 1.69 bits per heavy atom. The molecule has 2 aliphatic heterocycles. The maximum absolute atomic E-state index is 11.9. The van der Waals surface area contributed by atoms with Crippen LogP contribution in [0.4, 0.5) is 5.69 Å². The summed E-state index contributed by atoms with van der Waals surface area (Å²) in [5.41, 5.74) is 6.57. The lowest BCUT2D eigenvalue weighted by Crippen LogP contribution is -2.44. The number of rotatable bonds is 9. The van der Waals surface area contributed by atoms with E-state index in [0.717, 1.165) is 58.5 Å². The smallest absolute Gasteiger partial charge is 0.195 e. The van der Waals surface area contributed by atoms with Gasteiger partial charge in [-0.1, -0.05) is 95.7 Å². The summed E-state index contributed by atoms with van der Waals surface area (Å²) in [4.78, 5) is 2.39. The van der Waals surface area contributed by atoms with E-state index >= 15 is 0 Å². The van der Waals surface area contributed by atoms with E-state index < -0.39 is 5.79 Å². The summed E-state index contributed by atoms with van der Waals surface area (Å²) >= 11 is 3.77. The van der Waals surface area contributed by atoms with Crippen LogP contribution in [-0.2, 0) is 34.8 Å². The van der Waals surface area contributed by atoms with Gasteiger partial charge in [-0.2, -0.15) is 0 Å². The van der Waals surface area contributed by atoms with Gasteiger partial charge in [-0.25, -0.2) is 0 Å². The van der Waals surface area contributed by atoms with Gasteiger partial charge in [-0.05, 0) is 59.4 Å². The van der Waals surface area contributed by atoms with Crippen molar-refractivity contribution in [3.05, 3.63) is 129 Å². The third-order valence-corrected chi connectivity index (χ3v) is 9.04. The molecule has 0 bridgehead atoms. The lowest BCUT2D eigenvalue weighted by Gasteiger charge is -2.41. The molecule has 0 aromatic heterocycles. The number of hydrogen-bond acceptors (Lipinski definition) is 5. The zero-order chi connectivity index (χ0) is 28.9. The number of fused-ring (bicyclic) bond motifs is 1. The Hall–Kier alpha value is -3.16. The third-order valence-electron chi connectivity index (χ3n) is 8.27. The highest BCUT2D eigenvalue weighted by Crippen LogP contribution is 2.40. The van der Waals surface area contributed by atoms with E-state index in [1.54, 1.807) is 0 Å². The van der Waals surface area contributed by atoms with Crippen LogP contribution in [0.15, 0.2) is 102 Å². The van der Waals surface area contributed by atoms with Gasteiger partial charge < -0.3 is 24.2 Å². The lowest BCUT2D eigenvalue weighted by molar-refractivity contribution is -0.287. The van der Waals surface area contributed by atoms with Gasteiger partial charge in [0.05, 0.1) is 31.0 Å². The zero-order valence-electron chi connectivity index (χ0n) is 24.0. The Morgan fingerprint density at radius 3 is 2.45 bits per heavy atom. The average molecular weight is 629 g/mol. The van der Waals surface area contributed by atoms with Gasteiger partial charge in [-0.15, -0.1) is 0 Å². The summed E-state index contributed by atoms with van der Waals surface area (Å²) in [5.74, 6) is -0.489. The zero-order valence-corrected chi connectivity index (χ0v) is 25.6. The number of benzene rings is 4. The van der Waals surface area contributed by atoms with Crippen LogP contribution >= 0.6 is 15.9 Å². The van der Waals surface area contributed by atoms with Crippen molar-refractivity contribution in [1.29, 1.82) is 0 Å². The topological polar surface area (TPSA) is 51.2 Å². The predicted octanol–water partition coefficient (Wildman–Crippen LogP) is 7.76. The largest absolute Gasteiger partial charge is 0.490 e. The van der Waals surface area contributed by atoms with Crippen molar-refractivity contribution in [2.75, 3.05) is 18.1 Å². The molecule has 2 heterocycles. The van der Waals surface area contributed by atoms with Crippen molar-refractivity contribution in [3.63, 3.8) is 0 Å². The monoisotopic (exact) mass is 627 g/mol. The van der Waals surface area contributed by atoms with Crippen molar-refractivity contribution in [1.82, 2.24) is 0 Å². The second-order valence-electron chi connectivity index (χ2n) is 11.3. The maximum atomic E-state index is 11.9. The predicted molar refractivity (Wildman–Crippen MR) is 170 cm³/mol. The number of anilines is 1. The van der Waals surface area contributed by atoms with Gasteiger partial charge in [0.1, 0.15) is 12.4 Å². The first-order valence-electron chi connectivity index (χ1n) is 14.9. The number of nitrogens with zero attached hydrogens (tertiary/aromatic N) is 1. The van der Waals surface area contributed by atoms with E-state index in [1.807, 2.05) is 30.3 Å². The fourth-order valence-electron chi connectivity index (χ4n) is 5.98.